The Hall–Kier alpha value is -1.90. The van der Waals surface area contributed by atoms with Crippen molar-refractivity contribution in [3.05, 3.63) is 17.8 Å². The first-order valence-electron chi connectivity index (χ1n) is 4.90. The summed E-state index contributed by atoms with van der Waals surface area (Å²) in [7, 11) is 0. The summed E-state index contributed by atoms with van der Waals surface area (Å²) in [6.07, 6.45) is -4.50. The summed E-state index contributed by atoms with van der Waals surface area (Å²) < 4.78 is 41.3. The molecule has 1 amide bonds. The predicted molar refractivity (Wildman–Crippen MR) is 55.5 cm³/mol. The van der Waals surface area contributed by atoms with Crippen molar-refractivity contribution >= 4 is 11.7 Å². The van der Waals surface area contributed by atoms with Gasteiger partial charge < -0.3 is 15.8 Å². The fourth-order valence-electron chi connectivity index (χ4n) is 1.00. The molecule has 0 aromatic carbocycles. The number of nitrogens with two attached hydrogens (primary N) is 1. The van der Waals surface area contributed by atoms with Crippen LogP contribution in [0.25, 0.3) is 0 Å². The minimum absolute atomic E-state index is 0.172. The normalized spacial score (nSPS) is 11.3. The van der Waals surface area contributed by atoms with Crippen LogP contribution in [0.2, 0.25) is 0 Å². The number of halogens is 3. The largest absolute Gasteiger partial charge is 0.435 e. The number of carbonyl (C=O) groups excluding carboxylic acids is 1. The molecule has 0 saturated carbocycles. The zero-order valence-electron chi connectivity index (χ0n) is 9.20. The average molecular weight is 264 g/mol. The zero-order valence-corrected chi connectivity index (χ0v) is 9.20. The summed E-state index contributed by atoms with van der Waals surface area (Å²) in [5, 5.41) is 9.05. The van der Waals surface area contributed by atoms with Crippen molar-refractivity contribution in [2.45, 2.75) is 6.18 Å². The topological polar surface area (TPSA) is 90.1 Å². The van der Waals surface area contributed by atoms with E-state index in [4.69, 9.17) is 10.5 Å². The highest BCUT2D eigenvalue weighted by Crippen LogP contribution is 2.26. The van der Waals surface area contributed by atoms with E-state index in [1.54, 1.807) is 0 Å². The number of nitrogens with zero attached hydrogens (tertiary/aromatic N) is 2. The molecule has 0 bridgehead atoms. The van der Waals surface area contributed by atoms with Gasteiger partial charge in [-0.2, -0.15) is 13.2 Å². The third-order valence-corrected chi connectivity index (χ3v) is 1.75. The number of hydrogen-bond acceptors (Lipinski definition) is 5. The Balaban J connectivity index is 2.33. The zero-order chi connectivity index (χ0) is 13.6. The standard InChI is InChI=1S/C9H11F3N4O2/c10-9(11,12)6-1-2-8(16-15-6)14-3-4-18-5-7(13)17/h1-2H,3-5H2,(H2,13,17)(H,14,16). The molecule has 1 aromatic rings. The summed E-state index contributed by atoms with van der Waals surface area (Å²) in [5.41, 5.74) is 3.77. The molecule has 0 aliphatic heterocycles. The highest BCUT2D eigenvalue weighted by Gasteiger charge is 2.32. The monoisotopic (exact) mass is 264 g/mol. The molecule has 6 nitrogen and oxygen atoms in total. The summed E-state index contributed by atoms with van der Waals surface area (Å²) in [6.45, 7) is 0.235. The van der Waals surface area contributed by atoms with Crippen molar-refractivity contribution in [2.75, 3.05) is 25.1 Å². The summed E-state index contributed by atoms with van der Waals surface area (Å²) in [5.74, 6) is -0.407. The fraction of sp³-hybridized carbons (Fsp3) is 0.444. The molecule has 0 atom stereocenters. The molecule has 0 aliphatic carbocycles. The Morgan fingerprint density at radius 3 is 2.61 bits per heavy atom. The van der Waals surface area contributed by atoms with E-state index < -0.39 is 17.8 Å². The number of alkyl halides is 3. The van der Waals surface area contributed by atoms with Gasteiger partial charge in [-0.1, -0.05) is 0 Å². The van der Waals surface area contributed by atoms with Crippen molar-refractivity contribution in [1.82, 2.24) is 10.2 Å². The molecular formula is C9H11F3N4O2. The Morgan fingerprint density at radius 1 is 1.39 bits per heavy atom. The van der Waals surface area contributed by atoms with E-state index in [1.807, 2.05) is 0 Å². The number of aromatic nitrogens is 2. The van der Waals surface area contributed by atoms with Gasteiger partial charge >= 0.3 is 6.18 Å². The van der Waals surface area contributed by atoms with E-state index in [1.165, 1.54) is 0 Å². The van der Waals surface area contributed by atoms with Gasteiger partial charge in [-0.15, -0.1) is 10.2 Å². The highest BCUT2D eigenvalue weighted by atomic mass is 19.4. The van der Waals surface area contributed by atoms with Crippen molar-refractivity contribution in [3.8, 4) is 0 Å². The lowest BCUT2D eigenvalue weighted by molar-refractivity contribution is -0.141. The second-order valence-corrected chi connectivity index (χ2v) is 3.25. The molecule has 1 rings (SSSR count). The summed E-state index contributed by atoms with van der Waals surface area (Å²) >= 11 is 0. The van der Waals surface area contributed by atoms with Crippen LogP contribution >= 0.6 is 0 Å². The molecule has 100 valence electrons. The number of hydrogen-bond donors (Lipinski definition) is 2. The third kappa shape index (κ3) is 4.95. The van der Waals surface area contributed by atoms with E-state index >= 15 is 0 Å². The minimum Gasteiger partial charge on any atom is -0.370 e. The molecule has 0 fully saturated rings. The SMILES string of the molecule is NC(=O)COCCNc1ccc(C(F)(F)F)nn1. The molecule has 3 N–H and O–H groups in total. The molecule has 1 heterocycles. The maximum atomic E-state index is 12.2. The number of nitrogens with one attached hydrogen (secondary N) is 1. The second kappa shape index (κ2) is 6.15. The molecule has 0 radical (unpaired) electrons. The smallest absolute Gasteiger partial charge is 0.370 e. The number of ether oxygens (including phenoxy) is 1. The van der Waals surface area contributed by atoms with E-state index in [-0.39, 0.29) is 25.6 Å². The highest BCUT2D eigenvalue weighted by molar-refractivity contribution is 5.74. The Morgan fingerprint density at radius 2 is 2.11 bits per heavy atom. The lowest BCUT2D eigenvalue weighted by Gasteiger charge is -2.07. The quantitative estimate of drug-likeness (QED) is 0.726. The van der Waals surface area contributed by atoms with Crippen LogP contribution in [0.3, 0.4) is 0 Å². The Kier molecular flexibility index (Phi) is 4.84. The Labute approximate surface area is 100 Å². The van der Waals surface area contributed by atoms with Crippen LogP contribution in [0, 0.1) is 0 Å². The van der Waals surface area contributed by atoms with E-state index in [0.29, 0.717) is 0 Å². The molecule has 0 saturated heterocycles. The molecule has 0 unspecified atom stereocenters. The van der Waals surface area contributed by atoms with Crippen molar-refractivity contribution in [1.29, 1.82) is 0 Å². The lowest BCUT2D eigenvalue weighted by atomic mass is 10.4. The summed E-state index contributed by atoms with van der Waals surface area (Å²) in [6, 6.07) is 1.98. The van der Waals surface area contributed by atoms with Crippen molar-refractivity contribution < 1.29 is 22.7 Å². The van der Waals surface area contributed by atoms with Gasteiger partial charge in [0.15, 0.2) is 5.69 Å². The van der Waals surface area contributed by atoms with Crippen LogP contribution in [-0.2, 0) is 15.7 Å². The van der Waals surface area contributed by atoms with Crippen molar-refractivity contribution in [3.63, 3.8) is 0 Å². The third-order valence-electron chi connectivity index (χ3n) is 1.75. The van der Waals surface area contributed by atoms with Gasteiger partial charge in [0.1, 0.15) is 12.4 Å². The minimum atomic E-state index is -4.50. The van der Waals surface area contributed by atoms with Crippen LogP contribution in [0.15, 0.2) is 12.1 Å². The van der Waals surface area contributed by atoms with Gasteiger partial charge in [0.2, 0.25) is 5.91 Å². The molecule has 18 heavy (non-hydrogen) atoms. The van der Waals surface area contributed by atoms with E-state index in [9.17, 15) is 18.0 Å². The molecular weight excluding hydrogens is 253 g/mol. The van der Waals surface area contributed by atoms with Crippen molar-refractivity contribution in [2.24, 2.45) is 5.73 Å². The molecule has 0 spiro atoms. The van der Waals surface area contributed by atoms with Crippen LogP contribution in [-0.4, -0.2) is 35.9 Å². The summed E-state index contributed by atoms with van der Waals surface area (Å²) in [4.78, 5) is 10.3. The van der Waals surface area contributed by atoms with Gasteiger partial charge in [-0.05, 0) is 12.1 Å². The first-order chi connectivity index (χ1) is 8.39. The van der Waals surface area contributed by atoms with Gasteiger partial charge in [0.25, 0.3) is 0 Å². The number of anilines is 1. The number of carbonyl (C=O) groups is 1. The van der Waals surface area contributed by atoms with Gasteiger partial charge in [-0.25, -0.2) is 0 Å². The number of rotatable bonds is 6. The van der Waals surface area contributed by atoms with E-state index in [0.717, 1.165) is 12.1 Å². The molecule has 9 heteroatoms. The predicted octanol–water partition coefficient (Wildman–Crippen LogP) is 0.409. The number of amides is 1. The van der Waals surface area contributed by atoms with Gasteiger partial charge in [0, 0.05) is 6.54 Å². The maximum Gasteiger partial charge on any atom is 0.435 e. The first-order valence-corrected chi connectivity index (χ1v) is 4.90. The van der Waals surface area contributed by atoms with E-state index in [2.05, 4.69) is 15.5 Å². The second-order valence-electron chi connectivity index (χ2n) is 3.25. The molecule has 0 aliphatic rings. The first kappa shape index (κ1) is 14.2. The average Bonchev–Trinajstić information content (AvgIpc) is 2.27. The Bertz CT molecular complexity index is 394. The van der Waals surface area contributed by atoms with Crippen LogP contribution < -0.4 is 11.1 Å². The van der Waals surface area contributed by atoms with Gasteiger partial charge in [-0.3, -0.25) is 4.79 Å². The molecule has 1 aromatic heterocycles. The van der Waals surface area contributed by atoms with Gasteiger partial charge in [0.05, 0.1) is 6.61 Å². The van der Waals surface area contributed by atoms with Crippen LogP contribution in [0.1, 0.15) is 5.69 Å². The lowest BCUT2D eigenvalue weighted by Crippen LogP contribution is -2.20. The van der Waals surface area contributed by atoms with Crippen LogP contribution in [0.4, 0.5) is 19.0 Å². The van der Waals surface area contributed by atoms with Crippen LogP contribution in [0.5, 0.6) is 0 Å². The fourth-order valence-corrected chi connectivity index (χ4v) is 1.00. The maximum absolute atomic E-state index is 12.2. The number of primary amides is 1.